The molecule has 0 spiro atoms. The highest BCUT2D eigenvalue weighted by Crippen LogP contribution is 2.37. The molecule has 1 aromatic carbocycles. The number of hydrogen-bond donors (Lipinski definition) is 1. The van der Waals surface area contributed by atoms with Crippen molar-refractivity contribution >= 4 is 51.7 Å². The smallest absolute Gasteiger partial charge is 0.267 e. The lowest BCUT2D eigenvalue weighted by atomic mass is 9.95. The summed E-state index contributed by atoms with van der Waals surface area (Å²) >= 11 is 6.74. The van der Waals surface area contributed by atoms with Gasteiger partial charge in [0, 0.05) is 12.2 Å². The number of ether oxygens (including phenoxy) is 2. The lowest BCUT2D eigenvalue weighted by Gasteiger charge is -2.24. The normalized spacial score (nSPS) is 19.0. The number of nitrogens with zero attached hydrogens (tertiary/aromatic N) is 3. The van der Waals surface area contributed by atoms with E-state index >= 15 is 0 Å². The summed E-state index contributed by atoms with van der Waals surface area (Å²) in [5.74, 6) is 1.62. The van der Waals surface area contributed by atoms with Crippen molar-refractivity contribution in [1.82, 2.24) is 14.3 Å². The predicted octanol–water partition coefficient (Wildman–Crippen LogP) is 4.57. The molecule has 3 aliphatic rings. The molecule has 4 heterocycles. The molecule has 0 unspecified atom stereocenters. The molecule has 10 heteroatoms. The Morgan fingerprint density at radius 3 is 2.81 bits per heavy atom. The highest BCUT2D eigenvalue weighted by molar-refractivity contribution is 8.26. The van der Waals surface area contributed by atoms with Gasteiger partial charge in [-0.25, -0.2) is 4.98 Å². The van der Waals surface area contributed by atoms with Gasteiger partial charge in [-0.15, -0.1) is 0 Å². The monoisotopic (exact) mass is 520 g/mol. The molecule has 1 saturated heterocycles. The third-order valence-corrected chi connectivity index (χ3v) is 8.02. The maximum Gasteiger partial charge on any atom is 0.267 e. The molecule has 0 radical (unpaired) electrons. The number of thiocarbonyl (C=S) groups is 1. The summed E-state index contributed by atoms with van der Waals surface area (Å²) in [5.41, 5.74) is 1.59. The minimum Gasteiger partial charge on any atom is -0.454 e. The van der Waals surface area contributed by atoms with Crippen LogP contribution in [0.4, 0.5) is 5.82 Å². The molecule has 1 N–H and O–H groups in total. The van der Waals surface area contributed by atoms with Crippen LogP contribution >= 0.6 is 24.0 Å². The Hall–Kier alpha value is -3.37. The maximum absolute atomic E-state index is 13.5. The number of rotatable bonds is 5. The Morgan fingerprint density at radius 2 is 1.94 bits per heavy atom. The van der Waals surface area contributed by atoms with Crippen LogP contribution in [0.1, 0.15) is 43.2 Å². The molecule has 184 valence electrons. The van der Waals surface area contributed by atoms with E-state index in [1.165, 1.54) is 22.6 Å². The fraction of sp³-hybridized carbons (Fsp3) is 0.308. The molecule has 6 rings (SSSR count). The SMILES string of the molecule is O=C1C(=Cc2c(NC3CCCCC3)nc3ccccn3c2=O)SC(=S)N1Cc1ccc2c(c1)OCO2. The van der Waals surface area contributed by atoms with Gasteiger partial charge in [0.2, 0.25) is 6.79 Å². The van der Waals surface area contributed by atoms with Gasteiger partial charge < -0.3 is 14.8 Å². The molecule has 36 heavy (non-hydrogen) atoms. The number of amides is 1. The Morgan fingerprint density at radius 1 is 1.11 bits per heavy atom. The van der Waals surface area contributed by atoms with Crippen LogP contribution in [0.3, 0.4) is 0 Å². The van der Waals surface area contributed by atoms with Gasteiger partial charge in [-0.3, -0.25) is 18.9 Å². The molecule has 1 amide bonds. The summed E-state index contributed by atoms with van der Waals surface area (Å²) in [6, 6.07) is 11.3. The highest BCUT2D eigenvalue weighted by atomic mass is 32.2. The first-order valence-electron chi connectivity index (χ1n) is 12.0. The standard InChI is InChI=1S/C26H24N4O4S2/c31-24-18(23(27-17-6-2-1-3-7-17)28-22-8-4-5-11-29(22)24)13-21-25(32)30(26(35)36-21)14-16-9-10-19-20(12-16)34-15-33-19/h4-5,8-13,17,27H,1-3,6-7,14-15H2. The van der Waals surface area contributed by atoms with E-state index in [0.29, 0.717) is 44.3 Å². The Bertz CT molecular complexity index is 1460. The lowest BCUT2D eigenvalue weighted by molar-refractivity contribution is -0.122. The van der Waals surface area contributed by atoms with Crippen molar-refractivity contribution in [2.75, 3.05) is 12.1 Å². The van der Waals surface area contributed by atoms with E-state index in [2.05, 4.69) is 5.32 Å². The summed E-state index contributed by atoms with van der Waals surface area (Å²) in [6.07, 6.45) is 8.93. The first-order chi connectivity index (χ1) is 17.6. The second-order valence-corrected chi connectivity index (χ2v) is 10.7. The largest absolute Gasteiger partial charge is 0.454 e. The minimum absolute atomic E-state index is 0.190. The van der Waals surface area contributed by atoms with Gasteiger partial charge in [0.25, 0.3) is 11.5 Å². The molecule has 1 saturated carbocycles. The molecular weight excluding hydrogens is 496 g/mol. The van der Waals surface area contributed by atoms with Crippen LogP contribution in [-0.4, -0.2) is 37.3 Å². The average Bonchev–Trinajstić information content (AvgIpc) is 3.46. The molecule has 8 nitrogen and oxygen atoms in total. The fourth-order valence-electron chi connectivity index (χ4n) is 4.77. The number of benzene rings is 1. The minimum atomic E-state index is -0.233. The van der Waals surface area contributed by atoms with Crippen molar-refractivity contribution < 1.29 is 14.3 Å². The number of carbonyl (C=O) groups excluding carboxylic acids is 1. The summed E-state index contributed by atoms with van der Waals surface area (Å²) in [4.78, 5) is 33.6. The van der Waals surface area contributed by atoms with Crippen LogP contribution in [-0.2, 0) is 11.3 Å². The number of pyridine rings is 1. The Kier molecular flexibility index (Phi) is 6.14. The van der Waals surface area contributed by atoms with Crippen molar-refractivity contribution in [1.29, 1.82) is 0 Å². The molecule has 3 aromatic rings. The molecule has 1 aliphatic carbocycles. The van der Waals surface area contributed by atoms with E-state index in [0.717, 1.165) is 31.2 Å². The van der Waals surface area contributed by atoms with Gasteiger partial charge in [0.05, 0.1) is 17.0 Å². The van der Waals surface area contributed by atoms with Crippen LogP contribution in [0.15, 0.2) is 52.3 Å². The van der Waals surface area contributed by atoms with Crippen LogP contribution in [0, 0.1) is 0 Å². The van der Waals surface area contributed by atoms with Gasteiger partial charge in [-0.1, -0.05) is 55.4 Å². The van der Waals surface area contributed by atoms with Crippen LogP contribution in [0.5, 0.6) is 11.5 Å². The topological polar surface area (TPSA) is 85.2 Å². The van der Waals surface area contributed by atoms with Crippen LogP contribution < -0.4 is 20.3 Å². The first kappa shape index (κ1) is 23.1. The van der Waals surface area contributed by atoms with Gasteiger partial charge in [-0.05, 0) is 48.7 Å². The van der Waals surface area contributed by atoms with E-state index in [1.807, 2.05) is 30.3 Å². The number of nitrogens with one attached hydrogen (secondary N) is 1. The summed E-state index contributed by atoms with van der Waals surface area (Å²) in [7, 11) is 0. The third-order valence-electron chi connectivity index (χ3n) is 6.64. The Balaban J connectivity index is 1.33. The van der Waals surface area contributed by atoms with E-state index in [-0.39, 0.29) is 24.3 Å². The van der Waals surface area contributed by atoms with E-state index < -0.39 is 0 Å². The van der Waals surface area contributed by atoms with Crippen molar-refractivity contribution in [3.05, 3.63) is 69.0 Å². The highest BCUT2D eigenvalue weighted by Gasteiger charge is 2.33. The predicted molar refractivity (Wildman–Crippen MR) is 143 cm³/mol. The summed E-state index contributed by atoms with van der Waals surface area (Å²) in [5, 5.41) is 3.50. The number of anilines is 1. The van der Waals surface area contributed by atoms with Crippen molar-refractivity contribution in [2.45, 2.75) is 44.7 Å². The van der Waals surface area contributed by atoms with Crippen molar-refractivity contribution in [3.63, 3.8) is 0 Å². The first-order valence-corrected chi connectivity index (χ1v) is 13.2. The quantitative estimate of drug-likeness (QED) is 0.387. The van der Waals surface area contributed by atoms with Gasteiger partial charge in [0.15, 0.2) is 11.5 Å². The third kappa shape index (κ3) is 4.35. The second kappa shape index (κ2) is 9.59. The van der Waals surface area contributed by atoms with Crippen LogP contribution in [0.2, 0.25) is 0 Å². The molecule has 2 aliphatic heterocycles. The molecule has 0 atom stereocenters. The molecule has 2 fully saturated rings. The maximum atomic E-state index is 13.5. The van der Waals surface area contributed by atoms with Crippen LogP contribution in [0.25, 0.3) is 11.7 Å². The van der Waals surface area contributed by atoms with E-state index in [4.69, 9.17) is 26.7 Å². The number of aromatic nitrogens is 2. The van der Waals surface area contributed by atoms with E-state index in [9.17, 15) is 9.59 Å². The number of carbonyl (C=O) groups is 1. The van der Waals surface area contributed by atoms with Gasteiger partial charge in [-0.2, -0.15) is 0 Å². The van der Waals surface area contributed by atoms with Crippen molar-refractivity contribution in [2.24, 2.45) is 0 Å². The molecule has 2 aromatic heterocycles. The number of hydrogen-bond acceptors (Lipinski definition) is 8. The zero-order valence-electron chi connectivity index (χ0n) is 19.4. The second-order valence-electron chi connectivity index (χ2n) is 9.04. The Labute approximate surface area is 217 Å². The zero-order chi connectivity index (χ0) is 24.6. The lowest BCUT2D eigenvalue weighted by Crippen LogP contribution is -2.28. The number of fused-ring (bicyclic) bond motifs is 2. The van der Waals surface area contributed by atoms with Gasteiger partial charge >= 0.3 is 0 Å². The van der Waals surface area contributed by atoms with Gasteiger partial charge in [0.1, 0.15) is 15.8 Å². The zero-order valence-corrected chi connectivity index (χ0v) is 21.1. The number of thioether (sulfide) groups is 1. The molecule has 0 bridgehead atoms. The van der Waals surface area contributed by atoms with Crippen molar-refractivity contribution in [3.8, 4) is 11.5 Å². The fourth-order valence-corrected chi connectivity index (χ4v) is 6.01. The van der Waals surface area contributed by atoms with E-state index in [1.54, 1.807) is 23.2 Å². The average molecular weight is 521 g/mol. The molecular formula is C26H24N4O4S2. The summed E-state index contributed by atoms with van der Waals surface area (Å²) < 4.78 is 12.8. The summed E-state index contributed by atoms with van der Waals surface area (Å²) in [6.45, 7) is 0.496.